The van der Waals surface area contributed by atoms with E-state index in [0.717, 1.165) is 4.47 Å². The molecule has 0 amide bonds. The zero-order chi connectivity index (χ0) is 20.5. The number of hydrogen-bond donors (Lipinski definition) is 0. The van der Waals surface area contributed by atoms with Crippen molar-refractivity contribution in [3.05, 3.63) is 95.5 Å². The Bertz CT molecular complexity index is 1800. The van der Waals surface area contributed by atoms with Gasteiger partial charge in [0.15, 0.2) is 0 Å². The number of thiophene rings is 2. The van der Waals surface area contributed by atoms with Crippen LogP contribution < -0.4 is 0 Å². The van der Waals surface area contributed by atoms with Gasteiger partial charge in [-0.2, -0.15) is 0 Å². The fourth-order valence-electron chi connectivity index (χ4n) is 4.71. The van der Waals surface area contributed by atoms with Crippen LogP contribution in [0.25, 0.3) is 62.2 Å². The first-order valence-electron chi connectivity index (χ1n) is 10.2. The summed E-state index contributed by atoms with van der Waals surface area (Å²) in [6, 6.07) is 33.5. The lowest BCUT2D eigenvalue weighted by Crippen LogP contribution is -1.82. The van der Waals surface area contributed by atoms with Crippen LogP contribution in [0, 0.1) is 0 Å². The van der Waals surface area contributed by atoms with E-state index >= 15 is 0 Å². The van der Waals surface area contributed by atoms with Gasteiger partial charge in [0.05, 0.1) is 0 Å². The molecule has 0 atom stereocenters. The lowest BCUT2D eigenvalue weighted by molar-refractivity contribution is 1.75. The number of rotatable bonds is 1. The van der Waals surface area contributed by atoms with Crippen molar-refractivity contribution in [3.63, 3.8) is 0 Å². The van der Waals surface area contributed by atoms with E-state index < -0.39 is 0 Å². The molecule has 0 radical (unpaired) electrons. The Morgan fingerprint density at radius 2 is 1.26 bits per heavy atom. The maximum atomic E-state index is 3.65. The van der Waals surface area contributed by atoms with E-state index in [9.17, 15) is 0 Å². The van der Waals surface area contributed by atoms with Gasteiger partial charge in [-0.15, -0.1) is 22.7 Å². The monoisotopic (exact) mass is 494 g/mol. The highest BCUT2D eigenvalue weighted by atomic mass is 79.9. The van der Waals surface area contributed by atoms with Crippen LogP contribution in [0.2, 0.25) is 0 Å². The summed E-state index contributed by atoms with van der Waals surface area (Å²) in [6.07, 6.45) is 0. The van der Waals surface area contributed by atoms with Crippen LogP contribution in [-0.2, 0) is 0 Å². The molecule has 0 saturated heterocycles. The second-order valence-electron chi connectivity index (χ2n) is 7.90. The van der Waals surface area contributed by atoms with E-state index in [-0.39, 0.29) is 0 Å². The van der Waals surface area contributed by atoms with Gasteiger partial charge in [-0.05, 0) is 58.8 Å². The first-order valence-corrected chi connectivity index (χ1v) is 12.6. The van der Waals surface area contributed by atoms with Crippen molar-refractivity contribution >= 4 is 89.7 Å². The Balaban J connectivity index is 1.62. The van der Waals surface area contributed by atoms with E-state index in [1.54, 1.807) is 0 Å². The molecule has 0 N–H and O–H groups in total. The van der Waals surface area contributed by atoms with Crippen LogP contribution >= 0.6 is 38.6 Å². The highest BCUT2D eigenvalue weighted by molar-refractivity contribution is 9.10. The smallest absolute Gasteiger partial charge is 0.0440 e. The molecule has 31 heavy (non-hydrogen) atoms. The third-order valence-corrected chi connectivity index (χ3v) is 8.96. The van der Waals surface area contributed by atoms with Crippen LogP contribution in [0.5, 0.6) is 0 Å². The second-order valence-corrected chi connectivity index (χ2v) is 11.0. The molecule has 0 nitrogen and oxygen atoms in total. The van der Waals surface area contributed by atoms with Gasteiger partial charge in [-0.25, -0.2) is 0 Å². The van der Waals surface area contributed by atoms with Gasteiger partial charge >= 0.3 is 0 Å². The molecule has 146 valence electrons. The van der Waals surface area contributed by atoms with Crippen LogP contribution in [0.15, 0.2) is 95.5 Å². The molecule has 5 aromatic carbocycles. The Hall–Kier alpha value is -2.72. The predicted molar refractivity (Wildman–Crippen MR) is 143 cm³/mol. The Kier molecular flexibility index (Phi) is 3.83. The van der Waals surface area contributed by atoms with Crippen molar-refractivity contribution < 1.29 is 0 Å². The van der Waals surface area contributed by atoms with Crippen molar-refractivity contribution in [3.8, 4) is 11.1 Å². The Labute approximate surface area is 195 Å². The summed E-state index contributed by atoms with van der Waals surface area (Å²) in [7, 11) is 0. The zero-order valence-electron chi connectivity index (χ0n) is 16.4. The second kappa shape index (κ2) is 6.64. The normalized spacial score (nSPS) is 12.0. The standard InChI is InChI=1S/C28H15BrS2/c29-18-10-12-26-23(15-18)22-14-17(9-11-25(22)30-26)21-13-16-5-1-2-6-19(16)27-20-7-3-4-8-24(20)31-28(21)27/h1-15H. The highest BCUT2D eigenvalue weighted by Crippen LogP contribution is 2.45. The van der Waals surface area contributed by atoms with E-state index in [0.29, 0.717) is 0 Å². The summed E-state index contributed by atoms with van der Waals surface area (Å²) in [5, 5.41) is 8.03. The van der Waals surface area contributed by atoms with Crippen molar-refractivity contribution in [1.82, 2.24) is 0 Å². The molecular formula is C28H15BrS2. The summed E-state index contributed by atoms with van der Waals surface area (Å²) >= 11 is 7.42. The Morgan fingerprint density at radius 3 is 2.16 bits per heavy atom. The topological polar surface area (TPSA) is 0 Å². The molecule has 0 fully saturated rings. The molecule has 7 rings (SSSR count). The van der Waals surface area contributed by atoms with Gasteiger partial charge < -0.3 is 0 Å². The van der Waals surface area contributed by atoms with E-state index in [4.69, 9.17) is 0 Å². The maximum Gasteiger partial charge on any atom is 0.0440 e. The summed E-state index contributed by atoms with van der Waals surface area (Å²) in [5.74, 6) is 0. The van der Waals surface area contributed by atoms with E-state index in [1.807, 2.05) is 22.7 Å². The molecule has 0 unspecified atom stereocenters. The molecule has 2 heterocycles. The van der Waals surface area contributed by atoms with Crippen LogP contribution in [0.3, 0.4) is 0 Å². The molecule has 3 heteroatoms. The summed E-state index contributed by atoms with van der Waals surface area (Å²) < 4.78 is 6.52. The molecular weight excluding hydrogens is 480 g/mol. The minimum atomic E-state index is 1.13. The molecule has 0 bridgehead atoms. The third kappa shape index (κ3) is 2.64. The quantitative estimate of drug-likeness (QED) is 0.213. The zero-order valence-corrected chi connectivity index (χ0v) is 19.6. The van der Waals surface area contributed by atoms with E-state index in [1.165, 1.54) is 62.2 Å². The van der Waals surface area contributed by atoms with Crippen LogP contribution in [-0.4, -0.2) is 0 Å². The van der Waals surface area contributed by atoms with Crippen molar-refractivity contribution in [2.24, 2.45) is 0 Å². The maximum absolute atomic E-state index is 3.65. The minimum Gasteiger partial charge on any atom is -0.135 e. The van der Waals surface area contributed by atoms with Gasteiger partial charge in [-0.3, -0.25) is 0 Å². The van der Waals surface area contributed by atoms with Gasteiger partial charge in [-0.1, -0.05) is 64.5 Å². The van der Waals surface area contributed by atoms with Crippen molar-refractivity contribution in [2.45, 2.75) is 0 Å². The first kappa shape index (κ1) is 17.9. The summed E-state index contributed by atoms with van der Waals surface area (Å²) in [4.78, 5) is 0. The van der Waals surface area contributed by atoms with Gasteiger partial charge in [0.25, 0.3) is 0 Å². The van der Waals surface area contributed by atoms with Crippen molar-refractivity contribution in [2.75, 3.05) is 0 Å². The predicted octanol–water partition coefficient (Wildman–Crippen LogP) is 10.0. The van der Waals surface area contributed by atoms with Crippen molar-refractivity contribution in [1.29, 1.82) is 0 Å². The number of fused-ring (bicyclic) bond motifs is 8. The molecule has 0 spiro atoms. The first-order chi connectivity index (χ1) is 15.3. The van der Waals surface area contributed by atoms with Crippen LogP contribution in [0.4, 0.5) is 0 Å². The number of hydrogen-bond acceptors (Lipinski definition) is 2. The SMILES string of the molecule is Brc1ccc2sc3ccc(-c4cc5ccccc5c5c4sc4ccccc45)cc3c2c1. The van der Waals surface area contributed by atoms with Gasteiger partial charge in [0, 0.05) is 50.4 Å². The molecule has 0 aliphatic carbocycles. The van der Waals surface area contributed by atoms with Gasteiger partial charge in [0.1, 0.15) is 0 Å². The van der Waals surface area contributed by atoms with E-state index in [2.05, 4.69) is 107 Å². The lowest BCUT2D eigenvalue weighted by Gasteiger charge is -2.08. The van der Waals surface area contributed by atoms with Crippen LogP contribution in [0.1, 0.15) is 0 Å². The summed E-state index contributed by atoms with van der Waals surface area (Å²) in [6.45, 7) is 0. The third-order valence-electron chi connectivity index (χ3n) is 6.11. The fraction of sp³-hybridized carbons (Fsp3) is 0. The molecule has 0 aliphatic rings. The average molecular weight is 495 g/mol. The highest BCUT2D eigenvalue weighted by Gasteiger charge is 2.15. The minimum absolute atomic E-state index is 1.13. The molecule has 0 saturated carbocycles. The van der Waals surface area contributed by atoms with Gasteiger partial charge in [0.2, 0.25) is 0 Å². The fourth-order valence-corrected chi connectivity index (χ4v) is 7.39. The Morgan fingerprint density at radius 1 is 0.548 bits per heavy atom. The lowest BCUT2D eigenvalue weighted by atomic mass is 9.96. The number of halogens is 1. The molecule has 0 aliphatic heterocycles. The number of benzene rings is 5. The summed E-state index contributed by atoms with van der Waals surface area (Å²) in [5.41, 5.74) is 2.61. The largest absolute Gasteiger partial charge is 0.135 e. The average Bonchev–Trinajstić information content (AvgIpc) is 3.36. The molecule has 2 aromatic heterocycles. The molecule has 7 aromatic rings.